The molecule has 0 radical (unpaired) electrons. The molecule has 2 aromatic carbocycles. The van der Waals surface area contributed by atoms with Gasteiger partial charge in [-0.15, -0.1) is 6.58 Å². The Morgan fingerprint density at radius 3 is 2.60 bits per heavy atom. The molecule has 0 aliphatic carbocycles. The average Bonchev–Trinajstić information content (AvgIpc) is 2.47. The highest BCUT2D eigenvalue weighted by atomic mass is 35.5. The number of benzene rings is 2. The monoisotopic (exact) mass is 286 g/mol. The Bertz CT molecular complexity index is 606. The molecule has 3 heteroatoms. The molecule has 2 nitrogen and oxygen atoms in total. The van der Waals surface area contributed by atoms with Crippen LogP contribution < -0.4 is 4.74 Å². The Hall–Kier alpha value is -2.06. The number of rotatable bonds is 6. The van der Waals surface area contributed by atoms with Crippen molar-refractivity contribution in [2.75, 3.05) is 0 Å². The van der Waals surface area contributed by atoms with Crippen molar-refractivity contribution in [1.82, 2.24) is 0 Å². The van der Waals surface area contributed by atoms with Crippen LogP contribution in [0.1, 0.15) is 21.5 Å². The van der Waals surface area contributed by atoms with E-state index in [1.807, 2.05) is 30.3 Å². The molecule has 0 spiro atoms. The zero-order chi connectivity index (χ0) is 14.4. The van der Waals surface area contributed by atoms with Gasteiger partial charge < -0.3 is 4.74 Å². The van der Waals surface area contributed by atoms with Crippen LogP contribution in [0.5, 0.6) is 5.75 Å². The first-order valence-electron chi connectivity index (χ1n) is 6.30. The van der Waals surface area contributed by atoms with Crippen molar-refractivity contribution in [3.63, 3.8) is 0 Å². The Labute approximate surface area is 123 Å². The lowest BCUT2D eigenvalue weighted by atomic mass is 10.1. The number of allylic oxidation sites excluding steroid dienone is 1. The quantitative estimate of drug-likeness (QED) is 0.579. The maximum absolute atomic E-state index is 10.9. The standard InChI is InChI=1S/C17H15ClO2/c1-2-6-15-9-14(11-19)10-16(18)17(15)20-12-13-7-4-3-5-8-13/h2-5,7-11H,1,6,12H2. The average molecular weight is 287 g/mol. The van der Waals surface area contributed by atoms with Crippen molar-refractivity contribution in [1.29, 1.82) is 0 Å². The molecule has 0 heterocycles. The molecule has 0 amide bonds. The van der Waals surface area contributed by atoms with Crippen molar-refractivity contribution in [2.45, 2.75) is 13.0 Å². The minimum Gasteiger partial charge on any atom is -0.487 e. The third kappa shape index (κ3) is 3.49. The van der Waals surface area contributed by atoms with E-state index in [0.717, 1.165) is 17.4 Å². The SMILES string of the molecule is C=CCc1cc(C=O)cc(Cl)c1OCc1ccccc1. The lowest BCUT2D eigenvalue weighted by molar-refractivity contribution is 0.112. The summed E-state index contributed by atoms with van der Waals surface area (Å²) in [6, 6.07) is 13.2. The Morgan fingerprint density at radius 1 is 1.20 bits per heavy atom. The van der Waals surface area contributed by atoms with E-state index in [1.165, 1.54) is 0 Å². The number of halogens is 1. The number of aldehydes is 1. The summed E-state index contributed by atoms with van der Waals surface area (Å²) in [5.41, 5.74) is 2.47. The molecule has 0 atom stereocenters. The summed E-state index contributed by atoms with van der Waals surface area (Å²) in [7, 11) is 0. The summed E-state index contributed by atoms with van der Waals surface area (Å²) in [6.07, 6.45) is 3.14. The van der Waals surface area contributed by atoms with Crippen molar-refractivity contribution in [3.8, 4) is 5.75 Å². The van der Waals surface area contributed by atoms with Gasteiger partial charge in [-0.3, -0.25) is 4.79 Å². The summed E-state index contributed by atoms with van der Waals surface area (Å²) in [6.45, 7) is 4.15. The molecule has 0 aliphatic heterocycles. The van der Waals surface area contributed by atoms with E-state index in [4.69, 9.17) is 16.3 Å². The molecule has 102 valence electrons. The van der Waals surface area contributed by atoms with Gasteiger partial charge in [0.2, 0.25) is 0 Å². The Morgan fingerprint density at radius 2 is 1.95 bits per heavy atom. The third-order valence-corrected chi connectivity index (χ3v) is 3.15. The van der Waals surface area contributed by atoms with Crippen LogP contribution in [0.25, 0.3) is 0 Å². The molecular formula is C17H15ClO2. The molecule has 0 saturated carbocycles. The van der Waals surface area contributed by atoms with Crippen molar-refractivity contribution in [2.24, 2.45) is 0 Å². The predicted octanol–water partition coefficient (Wildman–Crippen LogP) is 4.46. The van der Waals surface area contributed by atoms with Crippen LogP contribution in [-0.4, -0.2) is 6.29 Å². The van der Waals surface area contributed by atoms with Gasteiger partial charge in [0.25, 0.3) is 0 Å². The van der Waals surface area contributed by atoms with Crippen LogP contribution in [0.4, 0.5) is 0 Å². The molecule has 0 unspecified atom stereocenters. The Kier molecular flexibility index (Phi) is 4.97. The molecule has 20 heavy (non-hydrogen) atoms. The van der Waals surface area contributed by atoms with Gasteiger partial charge in [-0.05, 0) is 24.1 Å². The first-order chi connectivity index (χ1) is 9.74. The zero-order valence-electron chi connectivity index (χ0n) is 11.0. The first kappa shape index (κ1) is 14.4. The van der Waals surface area contributed by atoms with Crippen LogP contribution in [0, 0.1) is 0 Å². The fourth-order valence-electron chi connectivity index (χ4n) is 1.94. The fraction of sp³-hybridized carbons (Fsp3) is 0.118. The predicted molar refractivity (Wildman–Crippen MR) is 81.5 cm³/mol. The van der Waals surface area contributed by atoms with Crippen LogP contribution in [0.15, 0.2) is 55.1 Å². The number of hydrogen-bond donors (Lipinski definition) is 0. The summed E-state index contributed by atoms with van der Waals surface area (Å²) >= 11 is 6.20. The van der Waals surface area contributed by atoms with Crippen LogP contribution >= 0.6 is 11.6 Å². The minimum absolute atomic E-state index is 0.436. The highest BCUT2D eigenvalue weighted by molar-refractivity contribution is 6.32. The van der Waals surface area contributed by atoms with Gasteiger partial charge in [-0.2, -0.15) is 0 Å². The van der Waals surface area contributed by atoms with Gasteiger partial charge >= 0.3 is 0 Å². The van der Waals surface area contributed by atoms with E-state index in [1.54, 1.807) is 18.2 Å². The van der Waals surface area contributed by atoms with Crippen LogP contribution in [0.3, 0.4) is 0 Å². The largest absolute Gasteiger partial charge is 0.487 e. The van der Waals surface area contributed by atoms with Crippen molar-refractivity contribution >= 4 is 17.9 Å². The number of ether oxygens (including phenoxy) is 1. The summed E-state index contributed by atoms with van der Waals surface area (Å²) in [5, 5.41) is 0.447. The maximum atomic E-state index is 10.9. The van der Waals surface area contributed by atoms with Gasteiger partial charge in [0, 0.05) is 11.1 Å². The second kappa shape index (κ2) is 6.92. The Balaban J connectivity index is 2.25. The molecule has 0 N–H and O–H groups in total. The molecule has 0 bridgehead atoms. The van der Waals surface area contributed by atoms with E-state index in [-0.39, 0.29) is 0 Å². The maximum Gasteiger partial charge on any atom is 0.150 e. The normalized spacial score (nSPS) is 10.1. The highest BCUT2D eigenvalue weighted by Gasteiger charge is 2.10. The van der Waals surface area contributed by atoms with Crippen molar-refractivity contribution < 1.29 is 9.53 Å². The molecule has 0 aliphatic rings. The second-order valence-electron chi connectivity index (χ2n) is 4.38. The molecule has 0 fully saturated rings. The molecule has 0 saturated heterocycles. The smallest absolute Gasteiger partial charge is 0.150 e. The lowest BCUT2D eigenvalue weighted by Gasteiger charge is -2.13. The van der Waals surface area contributed by atoms with E-state index in [2.05, 4.69) is 6.58 Å². The van der Waals surface area contributed by atoms with Gasteiger partial charge in [0.05, 0.1) is 5.02 Å². The summed E-state index contributed by atoms with van der Waals surface area (Å²) in [5.74, 6) is 0.612. The van der Waals surface area contributed by atoms with E-state index >= 15 is 0 Å². The fourth-order valence-corrected chi connectivity index (χ4v) is 2.24. The highest BCUT2D eigenvalue weighted by Crippen LogP contribution is 2.31. The molecule has 0 aromatic heterocycles. The number of carbonyl (C=O) groups is 1. The van der Waals surface area contributed by atoms with E-state index in [0.29, 0.717) is 29.4 Å². The zero-order valence-corrected chi connectivity index (χ0v) is 11.8. The third-order valence-electron chi connectivity index (χ3n) is 2.87. The first-order valence-corrected chi connectivity index (χ1v) is 6.67. The van der Waals surface area contributed by atoms with Gasteiger partial charge in [-0.1, -0.05) is 48.0 Å². The summed E-state index contributed by atoms with van der Waals surface area (Å²) < 4.78 is 5.81. The van der Waals surface area contributed by atoms with E-state index in [9.17, 15) is 4.79 Å². The van der Waals surface area contributed by atoms with Gasteiger partial charge in [0.1, 0.15) is 18.6 Å². The lowest BCUT2D eigenvalue weighted by Crippen LogP contribution is -2.00. The number of hydrogen-bond acceptors (Lipinski definition) is 2. The second-order valence-corrected chi connectivity index (χ2v) is 4.78. The van der Waals surface area contributed by atoms with Gasteiger partial charge in [-0.25, -0.2) is 0 Å². The summed E-state index contributed by atoms with van der Waals surface area (Å²) in [4.78, 5) is 10.9. The van der Waals surface area contributed by atoms with E-state index < -0.39 is 0 Å². The molecule has 2 aromatic rings. The van der Waals surface area contributed by atoms with Crippen LogP contribution in [-0.2, 0) is 13.0 Å². The molecular weight excluding hydrogens is 272 g/mol. The van der Waals surface area contributed by atoms with Gasteiger partial charge in [0.15, 0.2) is 0 Å². The molecule has 2 rings (SSSR count). The topological polar surface area (TPSA) is 26.3 Å². The minimum atomic E-state index is 0.436. The number of carbonyl (C=O) groups excluding carboxylic acids is 1. The van der Waals surface area contributed by atoms with Crippen LogP contribution in [0.2, 0.25) is 5.02 Å². The van der Waals surface area contributed by atoms with Crippen molar-refractivity contribution in [3.05, 3.63) is 76.8 Å².